The molecule has 0 spiro atoms. The fourth-order valence-corrected chi connectivity index (χ4v) is 5.73. The number of fused-ring (bicyclic) bond motifs is 1. The summed E-state index contributed by atoms with van der Waals surface area (Å²) in [6.45, 7) is 11.6. The summed E-state index contributed by atoms with van der Waals surface area (Å²) in [6.07, 6.45) is 12.5. The van der Waals surface area contributed by atoms with E-state index in [1.807, 2.05) is 0 Å². The van der Waals surface area contributed by atoms with Crippen LogP contribution in [0.2, 0.25) is 0 Å². The Morgan fingerprint density at radius 2 is 1.90 bits per heavy atom. The number of rotatable bonds is 7. The first kappa shape index (κ1) is 20.5. The Morgan fingerprint density at radius 3 is 2.66 bits per heavy atom. The van der Waals surface area contributed by atoms with Gasteiger partial charge >= 0.3 is 0 Å². The molecular weight excluding hydrogens is 354 g/mol. The first-order valence-corrected chi connectivity index (χ1v) is 11.9. The first-order valence-electron chi connectivity index (χ1n) is 11.9. The second kappa shape index (κ2) is 8.53. The SMILES string of the molecule is CCN1CC[N+](C)=C1/C=C1/N(CCCCC2CCCC2)c2ccccc2C1(C)C. The summed E-state index contributed by atoms with van der Waals surface area (Å²) in [5, 5.41) is 0. The van der Waals surface area contributed by atoms with E-state index in [0.717, 1.165) is 32.1 Å². The van der Waals surface area contributed by atoms with Crippen molar-refractivity contribution < 1.29 is 4.58 Å². The van der Waals surface area contributed by atoms with Crippen LogP contribution in [0.25, 0.3) is 0 Å². The second-order valence-electron chi connectivity index (χ2n) is 9.83. The third kappa shape index (κ3) is 3.98. The summed E-state index contributed by atoms with van der Waals surface area (Å²) in [7, 11) is 2.24. The predicted octanol–water partition coefficient (Wildman–Crippen LogP) is 5.40. The molecule has 3 aliphatic rings. The Morgan fingerprint density at radius 1 is 1.14 bits per heavy atom. The number of unbranched alkanes of at least 4 members (excludes halogenated alkanes) is 1. The van der Waals surface area contributed by atoms with Crippen molar-refractivity contribution in [2.45, 2.75) is 71.1 Å². The van der Waals surface area contributed by atoms with E-state index in [9.17, 15) is 0 Å². The topological polar surface area (TPSA) is 9.49 Å². The van der Waals surface area contributed by atoms with Crippen LogP contribution in [-0.2, 0) is 5.41 Å². The van der Waals surface area contributed by atoms with E-state index < -0.39 is 0 Å². The third-order valence-electron chi connectivity index (χ3n) is 7.59. The fourth-order valence-electron chi connectivity index (χ4n) is 5.73. The Labute approximate surface area is 178 Å². The summed E-state index contributed by atoms with van der Waals surface area (Å²) in [5.74, 6) is 2.40. The van der Waals surface area contributed by atoms with E-state index in [4.69, 9.17) is 0 Å². The number of likely N-dealkylation sites (N-methyl/N-ethyl adjacent to an activating group) is 2. The van der Waals surface area contributed by atoms with Gasteiger partial charge in [0.05, 0.1) is 13.6 Å². The van der Waals surface area contributed by atoms with Crippen LogP contribution in [0.1, 0.15) is 71.3 Å². The van der Waals surface area contributed by atoms with Crippen LogP contribution in [0, 0.1) is 5.92 Å². The number of benzene rings is 1. The van der Waals surface area contributed by atoms with Crippen molar-refractivity contribution in [2.24, 2.45) is 5.92 Å². The highest BCUT2D eigenvalue weighted by atomic mass is 15.3. The standard InChI is InChI=1S/C26H40N3/c1-5-28-19-18-27(4)25(28)20-24-26(2,3)22-15-8-9-16-23(22)29(24)17-11-10-14-21-12-6-7-13-21/h8-9,15-16,20-21H,5-7,10-14,17-19H2,1-4H3/q+1. The van der Waals surface area contributed by atoms with Crippen molar-refractivity contribution in [1.82, 2.24) is 4.90 Å². The summed E-state index contributed by atoms with van der Waals surface area (Å²) in [6, 6.07) is 9.07. The Kier molecular flexibility index (Phi) is 6.03. The lowest BCUT2D eigenvalue weighted by molar-refractivity contribution is -0.485. The smallest absolute Gasteiger partial charge is 0.273 e. The molecule has 29 heavy (non-hydrogen) atoms. The molecule has 0 aromatic heterocycles. The minimum Gasteiger partial charge on any atom is -0.344 e. The Bertz CT molecular complexity index is 783. The average molecular weight is 395 g/mol. The Hall–Kier alpha value is -1.77. The quantitative estimate of drug-likeness (QED) is 0.452. The number of hydrogen-bond donors (Lipinski definition) is 0. The van der Waals surface area contributed by atoms with Crippen LogP contribution in [-0.4, -0.2) is 48.5 Å². The molecule has 1 aliphatic carbocycles. The lowest BCUT2D eigenvalue weighted by Crippen LogP contribution is -2.32. The van der Waals surface area contributed by atoms with Gasteiger partial charge in [-0.25, -0.2) is 0 Å². The van der Waals surface area contributed by atoms with Gasteiger partial charge in [-0.2, -0.15) is 0 Å². The summed E-state index contributed by atoms with van der Waals surface area (Å²) in [4.78, 5) is 5.15. The fraction of sp³-hybridized carbons (Fsp3) is 0.654. The van der Waals surface area contributed by atoms with E-state index in [-0.39, 0.29) is 5.41 Å². The molecule has 3 nitrogen and oxygen atoms in total. The highest BCUT2D eigenvalue weighted by molar-refractivity contribution is 5.92. The zero-order chi connectivity index (χ0) is 20.4. The van der Waals surface area contributed by atoms with Gasteiger partial charge in [-0.05, 0) is 30.9 Å². The van der Waals surface area contributed by atoms with Gasteiger partial charge in [-0.3, -0.25) is 9.48 Å². The van der Waals surface area contributed by atoms with Crippen molar-refractivity contribution in [3.8, 4) is 0 Å². The molecule has 0 unspecified atom stereocenters. The molecule has 0 atom stereocenters. The molecule has 0 saturated heterocycles. The van der Waals surface area contributed by atoms with Gasteiger partial charge in [0.2, 0.25) is 0 Å². The van der Waals surface area contributed by atoms with Gasteiger partial charge in [-0.1, -0.05) is 70.6 Å². The molecule has 1 fully saturated rings. The normalized spacial score (nSPS) is 23.0. The average Bonchev–Trinajstić information content (AvgIpc) is 3.40. The molecule has 2 aliphatic heterocycles. The van der Waals surface area contributed by atoms with Crippen LogP contribution in [0.5, 0.6) is 0 Å². The molecule has 0 bridgehead atoms. The molecule has 3 heteroatoms. The number of amidine groups is 1. The number of anilines is 1. The maximum Gasteiger partial charge on any atom is 0.273 e. The van der Waals surface area contributed by atoms with Gasteiger partial charge in [0.1, 0.15) is 13.1 Å². The van der Waals surface area contributed by atoms with Crippen molar-refractivity contribution in [3.05, 3.63) is 41.6 Å². The molecule has 1 aromatic rings. The lowest BCUT2D eigenvalue weighted by Gasteiger charge is -2.27. The molecule has 1 saturated carbocycles. The summed E-state index contributed by atoms with van der Waals surface area (Å²) >= 11 is 0. The maximum absolute atomic E-state index is 2.64. The van der Waals surface area contributed by atoms with Crippen molar-refractivity contribution in [2.75, 3.05) is 38.1 Å². The summed E-state index contributed by atoms with van der Waals surface area (Å²) in [5.41, 5.74) is 4.43. The number of para-hydroxylation sites is 1. The molecule has 158 valence electrons. The van der Waals surface area contributed by atoms with Gasteiger partial charge in [0, 0.05) is 29.4 Å². The highest BCUT2D eigenvalue weighted by Gasteiger charge is 2.41. The monoisotopic (exact) mass is 394 g/mol. The van der Waals surface area contributed by atoms with E-state index in [2.05, 4.69) is 72.5 Å². The summed E-state index contributed by atoms with van der Waals surface area (Å²) < 4.78 is 2.42. The molecule has 4 rings (SSSR count). The zero-order valence-electron chi connectivity index (χ0n) is 19.1. The van der Waals surface area contributed by atoms with Crippen LogP contribution in [0.4, 0.5) is 5.69 Å². The predicted molar refractivity (Wildman–Crippen MR) is 124 cm³/mol. The van der Waals surface area contributed by atoms with E-state index in [1.165, 1.54) is 67.7 Å². The minimum absolute atomic E-state index is 0.0535. The van der Waals surface area contributed by atoms with E-state index in [0.29, 0.717) is 0 Å². The molecule has 2 heterocycles. The van der Waals surface area contributed by atoms with Gasteiger partial charge < -0.3 is 4.90 Å². The van der Waals surface area contributed by atoms with Crippen molar-refractivity contribution >= 4 is 11.5 Å². The first-order chi connectivity index (χ1) is 14.0. The van der Waals surface area contributed by atoms with E-state index in [1.54, 1.807) is 0 Å². The molecular formula is C26H40N3+. The van der Waals surface area contributed by atoms with Crippen molar-refractivity contribution in [1.29, 1.82) is 0 Å². The largest absolute Gasteiger partial charge is 0.344 e. The van der Waals surface area contributed by atoms with Gasteiger partial charge in [0.25, 0.3) is 5.84 Å². The van der Waals surface area contributed by atoms with Gasteiger partial charge in [0.15, 0.2) is 0 Å². The highest BCUT2D eigenvalue weighted by Crippen LogP contribution is 2.47. The second-order valence-corrected chi connectivity index (χ2v) is 9.83. The van der Waals surface area contributed by atoms with Crippen LogP contribution in [0.3, 0.4) is 0 Å². The Balaban J connectivity index is 1.57. The van der Waals surface area contributed by atoms with Gasteiger partial charge in [-0.15, -0.1) is 0 Å². The third-order valence-corrected chi connectivity index (χ3v) is 7.59. The van der Waals surface area contributed by atoms with Crippen LogP contribution < -0.4 is 4.90 Å². The van der Waals surface area contributed by atoms with Crippen LogP contribution in [0.15, 0.2) is 36.0 Å². The van der Waals surface area contributed by atoms with E-state index >= 15 is 0 Å². The molecule has 0 amide bonds. The number of nitrogens with zero attached hydrogens (tertiary/aromatic N) is 3. The zero-order valence-corrected chi connectivity index (χ0v) is 19.1. The molecule has 0 N–H and O–H groups in total. The lowest BCUT2D eigenvalue weighted by atomic mass is 9.83. The molecule has 0 radical (unpaired) electrons. The molecule has 1 aromatic carbocycles. The minimum atomic E-state index is 0.0535. The van der Waals surface area contributed by atoms with Crippen molar-refractivity contribution in [3.63, 3.8) is 0 Å². The van der Waals surface area contributed by atoms with Crippen LogP contribution >= 0.6 is 0 Å². The number of allylic oxidation sites excluding steroid dienone is 1. The maximum atomic E-state index is 2.64. The number of hydrogen-bond acceptors (Lipinski definition) is 2.